The van der Waals surface area contributed by atoms with E-state index in [9.17, 15) is 0 Å². The van der Waals surface area contributed by atoms with Gasteiger partial charge >= 0.3 is 0 Å². The summed E-state index contributed by atoms with van der Waals surface area (Å²) in [7, 11) is 5.07. The summed E-state index contributed by atoms with van der Waals surface area (Å²) >= 11 is 0. The molecule has 0 aromatic heterocycles. The molecule has 0 spiro atoms. The van der Waals surface area contributed by atoms with Crippen LogP contribution in [0.4, 0.5) is 0 Å². The van der Waals surface area contributed by atoms with E-state index in [-0.39, 0.29) is 27.6 Å². The van der Waals surface area contributed by atoms with Crippen molar-refractivity contribution in [3.05, 3.63) is 53.1 Å². The van der Waals surface area contributed by atoms with Gasteiger partial charge in [-0.3, -0.25) is 0 Å². The van der Waals surface area contributed by atoms with E-state index in [1.165, 1.54) is 25.9 Å². The molecule has 4 rings (SSSR count). The molecule has 2 N–H and O–H groups in total. The van der Waals surface area contributed by atoms with Crippen LogP contribution in [0.1, 0.15) is 50.3 Å². The summed E-state index contributed by atoms with van der Waals surface area (Å²) in [4.78, 5) is 0. The van der Waals surface area contributed by atoms with Gasteiger partial charge < -0.3 is 41.0 Å². The topological polar surface area (TPSA) is 24.1 Å². The van der Waals surface area contributed by atoms with Crippen molar-refractivity contribution in [2.45, 2.75) is 70.0 Å². The summed E-state index contributed by atoms with van der Waals surface area (Å²) in [6.45, 7) is 19.5. The molecule has 6 heteroatoms. The summed E-state index contributed by atoms with van der Waals surface area (Å²) < 4.78 is 0. The van der Waals surface area contributed by atoms with Crippen LogP contribution in [0.3, 0.4) is 0 Å². The Kier molecular flexibility index (Phi) is 10.7. The summed E-state index contributed by atoms with van der Waals surface area (Å²) in [5.41, 5.74) is 5.17. The zero-order valence-electron chi connectivity index (χ0n) is 21.6. The zero-order valence-corrected chi connectivity index (χ0v) is 26.0. The van der Waals surface area contributed by atoms with E-state index in [4.69, 9.17) is 0 Å². The number of hydrogen-bond donors (Lipinski definition) is 2. The molecule has 192 valence electrons. The Hall–Kier alpha value is 0.216. The van der Waals surface area contributed by atoms with Crippen LogP contribution >= 0.6 is 18.5 Å². The monoisotopic (exact) mass is 544 g/mol. The first kappa shape index (κ1) is 29.4. The maximum absolute atomic E-state index is 3.67. The molecule has 4 unspecified atom stereocenters. The van der Waals surface area contributed by atoms with Gasteiger partial charge in [0, 0.05) is 17.1 Å². The Morgan fingerprint density at radius 2 is 1.42 bits per heavy atom. The molecule has 0 aliphatic carbocycles. The standard InChI is InChI=1S/C22H41N2P2Si.C5H5.Fe/c1-21(2,3)20-18(27(4,5)6)11-15(14-25)19(20)22(26,16-7-9-23-12-16)17-8-10-24-13-17;1-2-4-5-3-1;/h11,16-17,23-24H,7-10,12-14,25-26H2,1-6H3;1-5H;/q-1;-5;. The van der Waals surface area contributed by atoms with E-state index < -0.39 is 8.07 Å². The third-order valence-electron chi connectivity index (χ3n) is 7.40. The van der Waals surface area contributed by atoms with Gasteiger partial charge in [-0.05, 0) is 56.0 Å². The Bertz CT molecular complexity index is 804. The Labute approximate surface area is 219 Å². The van der Waals surface area contributed by atoms with Gasteiger partial charge in [-0.25, -0.2) is 6.07 Å². The Balaban J connectivity index is 0.000000568. The molecule has 33 heavy (non-hydrogen) atoms. The summed E-state index contributed by atoms with van der Waals surface area (Å²) in [5.74, 6) is 1.42. The average Bonchev–Trinajstić information content (AvgIpc) is 3.51. The molecule has 4 atom stereocenters. The van der Waals surface area contributed by atoms with Crippen molar-refractivity contribution in [2.75, 3.05) is 26.2 Å². The first-order valence-electron chi connectivity index (χ1n) is 12.4. The Morgan fingerprint density at radius 3 is 1.73 bits per heavy atom. The molecular formula is C27H46FeN2P2Si-6. The Morgan fingerprint density at radius 1 is 0.970 bits per heavy atom. The molecule has 2 fully saturated rings. The van der Waals surface area contributed by atoms with Crippen LogP contribution in [0, 0.1) is 11.8 Å². The number of rotatable bonds is 5. The predicted octanol–water partition coefficient (Wildman–Crippen LogP) is 5.32. The second-order valence-electron chi connectivity index (χ2n) is 11.8. The third-order valence-corrected chi connectivity index (χ3v) is 11.1. The van der Waals surface area contributed by atoms with E-state index in [2.05, 4.69) is 75.6 Å². The second kappa shape index (κ2) is 12.0. The smallest absolute Gasteiger partial charge is 0.0507 e. The van der Waals surface area contributed by atoms with Gasteiger partial charge in [0.1, 0.15) is 0 Å². The number of nitrogens with one attached hydrogen (secondary N) is 2. The fourth-order valence-electron chi connectivity index (χ4n) is 5.83. The van der Waals surface area contributed by atoms with Crippen LogP contribution in [0.25, 0.3) is 0 Å². The second-order valence-corrected chi connectivity index (χ2v) is 18.2. The average molecular weight is 545 g/mol. The minimum atomic E-state index is -1.42. The number of hydrogen-bond acceptors (Lipinski definition) is 2. The zero-order chi connectivity index (χ0) is 23.6. The molecule has 2 aromatic carbocycles. The van der Waals surface area contributed by atoms with Crippen LogP contribution in [-0.4, -0.2) is 34.3 Å². The summed E-state index contributed by atoms with van der Waals surface area (Å²) in [6, 6.07) is 12.6. The minimum absolute atomic E-state index is 0. The molecule has 0 radical (unpaired) electrons. The molecule has 2 aliphatic rings. The van der Waals surface area contributed by atoms with Crippen molar-refractivity contribution in [3.63, 3.8) is 0 Å². The third kappa shape index (κ3) is 6.51. The van der Waals surface area contributed by atoms with Crippen LogP contribution in [0.5, 0.6) is 0 Å². The van der Waals surface area contributed by atoms with E-state index in [0.717, 1.165) is 19.3 Å². The molecule has 2 aliphatic heterocycles. The van der Waals surface area contributed by atoms with Crippen molar-refractivity contribution in [1.82, 2.24) is 10.6 Å². The van der Waals surface area contributed by atoms with Gasteiger partial charge in [0.15, 0.2) is 0 Å². The molecule has 0 saturated carbocycles. The quantitative estimate of drug-likeness (QED) is 0.303. The maximum atomic E-state index is 3.67. The van der Waals surface area contributed by atoms with E-state index in [1.807, 2.05) is 30.3 Å². The van der Waals surface area contributed by atoms with Crippen molar-refractivity contribution in [1.29, 1.82) is 0 Å². The van der Waals surface area contributed by atoms with Gasteiger partial charge in [-0.1, -0.05) is 52.0 Å². The van der Waals surface area contributed by atoms with E-state index in [0.29, 0.717) is 11.8 Å². The summed E-state index contributed by atoms with van der Waals surface area (Å²) in [5, 5.41) is 9.23. The summed E-state index contributed by atoms with van der Waals surface area (Å²) in [6.07, 6.45) is 3.67. The van der Waals surface area contributed by atoms with Gasteiger partial charge in [0.05, 0.1) is 8.07 Å². The van der Waals surface area contributed by atoms with E-state index >= 15 is 0 Å². The van der Waals surface area contributed by atoms with Gasteiger partial charge in [0.2, 0.25) is 0 Å². The van der Waals surface area contributed by atoms with Gasteiger partial charge in [-0.15, -0.1) is 24.0 Å². The predicted molar refractivity (Wildman–Crippen MR) is 153 cm³/mol. The van der Waals surface area contributed by atoms with Crippen LogP contribution in [0.15, 0.2) is 36.4 Å². The molecule has 0 amide bonds. The fourth-order valence-corrected chi connectivity index (χ4v) is 8.90. The van der Waals surface area contributed by atoms with Crippen molar-refractivity contribution < 1.29 is 17.1 Å². The fraction of sp³-hybridized carbons (Fsp3) is 0.630. The molecule has 2 aromatic rings. The van der Waals surface area contributed by atoms with Crippen molar-refractivity contribution in [2.24, 2.45) is 11.8 Å². The first-order chi connectivity index (χ1) is 15.0. The SMILES string of the molecule is CC(C)(C)[c-]1c([Si](C)(C)C)cc(CP)c1C(P)(C1CCNC1)C1CCNC1.[Fe].[cH-]1[cH-][cH-][cH-][cH-]1. The van der Waals surface area contributed by atoms with Crippen molar-refractivity contribution >= 4 is 31.7 Å². The molecular weight excluding hydrogens is 498 g/mol. The molecule has 2 nitrogen and oxygen atoms in total. The van der Waals surface area contributed by atoms with Gasteiger partial charge in [-0.2, -0.15) is 16.3 Å². The molecule has 2 saturated heterocycles. The van der Waals surface area contributed by atoms with Crippen molar-refractivity contribution in [3.8, 4) is 0 Å². The van der Waals surface area contributed by atoms with Crippen LogP contribution in [-0.2, 0) is 33.8 Å². The van der Waals surface area contributed by atoms with Gasteiger partial charge in [0.25, 0.3) is 0 Å². The minimum Gasteiger partial charge on any atom is -0.748 e. The normalized spacial score (nSPS) is 22.9. The van der Waals surface area contributed by atoms with Crippen LogP contribution in [0.2, 0.25) is 19.6 Å². The first-order valence-corrected chi connectivity index (χ1v) is 17.3. The largest absolute Gasteiger partial charge is 0.748 e. The molecule has 0 bridgehead atoms. The molecule has 2 heterocycles. The maximum Gasteiger partial charge on any atom is 0.0507 e. The van der Waals surface area contributed by atoms with E-state index in [1.54, 1.807) is 21.9 Å². The van der Waals surface area contributed by atoms with Crippen LogP contribution < -0.4 is 15.8 Å².